The van der Waals surface area contributed by atoms with Gasteiger partial charge in [-0.05, 0) is 78.1 Å². The molecule has 48 heavy (non-hydrogen) atoms. The van der Waals surface area contributed by atoms with Crippen molar-refractivity contribution in [3.8, 4) is 5.75 Å². The van der Waals surface area contributed by atoms with E-state index in [0.717, 1.165) is 8.47 Å². The van der Waals surface area contributed by atoms with E-state index in [1.165, 1.54) is 25.1 Å². The van der Waals surface area contributed by atoms with Gasteiger partial charge in [0.1, 0.15) is 11.4 Å². The fourth-order valence-electron chi connectivity index (χ4n) is 7.67. The van der Waals surface area contributed by atoms with Gasteiger partial charge in [-0.15, -0.1) is 23.2 Å². The van der Waals surface area contributed by atoms with Crippen molar-refractivity contribution in [3.63, 3.8) is 0 Å². The zero-order valence-electron chi connectivity index (χ0n) is 24.3. The molecule has 2 saturated heterocycles. The minimum Gasteiger partial charge on any atom is -0.507 e. The third kappa shape index (κ3) is 4.09. The first-order chi connectivity index (χ1) is 22.6. The number of phenolic OH excluding ortho intramolecular Hbond substituents is 1. The second-order valence-electron chi connectivity index (χ2n) is 12.2. The molecule has 2 heterocycles. The van der Waals surface area contributed by atoms with Crippen LogP contribution in [0.5, 0.6) is 5.75 Å². The molecule has 2 aliphatic heterocycles. The summed E-state index contributed by atoms with van der Waals surface area (Å²) in [5.74, 6) is -21.7. The van der Waals surface area contributed by atoms with E-state index in [1.54, 1.807) is 30.3 Å². The zero-order valence-corrected chi connectivity index (χ0v) is 28.0. The molecule has 1 saturated carbocycles. The highest BCUT2D eigenvalue weighted by atomic mass is 127. The largest absolute Gasteiger partial charge is 0.507 e. The smallest absolute Gasteiger partial charge is 0.258 e. The van der Waals surface area contributed by atoms with Crippen LogP contribution in [0, 0.1) is 57.3 Å². The van der Waals surface area contributed by atoms with Gasteiger partial charge in [0.2, 0.25) is 17.6 Å². The van der Waals surface area contributed by atoms with Crippen molar-refractivity contribution in [1.82, 2.24) is 0 Å². The predicted octanol–water partition coefficient (Wildman–Crippen LogP) is 6.77. The number of amides is 4. The van der Waals surface area contributed by atoms with E-state index in [0.29, 0.717) is 11.3 Å². The van der Waals surface area contributed by atoms with Crippen molar-refractivity contribution >= 4 is 80.8 Å². The minimum atomic E-state index is -2.71. The van der Waals surface area contributed by atoms with Crippen LogP contribution in [0.25, 0.3) is 0 Å². The lowest BCUT2D eigenvalue weighted by Gasteiger charge is -2.50. The Bertz CT molecular complexity index is 2020. The molecule has 2 aliphatic carbocycles. The number of phenols is 1. The van der Waals surface area contributed by atoms with Crippen LogP contribution in [-0.4, -0.2) is 38.5 Å². The molecule has 15 heteroatoms. The standard InChI is InChI=1S/C33H20Cl2F5IN2O5/c1-12-3-2-4-17(27(12)44)20-15-9-10-16-19(29(46)42(28(16)45)14-7-5-13(41)6-8-14)18(15)11-32(34)30(47)43(31(48)33(20,32)35)26-24(39)22(37)21(36)23(38)25(26)40/h2-9,16,18-20,44H,10-11H2,1H3/t16-,18+,19-,20+,32+,33-/m0/s1. The molecule has 3 aromatic rings. The molecule has 248 valence electrons. The Hall–Kier alpha value is -3.56. The summed E-state index contributed by atoms with van der Waals surface area (Å²) in [6.07, 6.45) is 0.918. The Kier molecular flexibility index (Phi) is 7.54. The SMILES string of the molecule is Cc1cccc([C@H]2C3=CC[C@@H]4C(=O)N(c5ccc(I)cc5)C(=O)[C@@H]4[C@@H]3C[C@@]3(Cl)C(=O)N(c4c(F)c(F)c(F)c(F)c4F)C(=O)[C@@]23Cl)c1O. The van der Waals surface area contributed by atoms with Gasteiger partial charge in [-0.2, -0.15) is 0 Å². The normalized spacial score (nSPS) is 29.6. The third-order valence-electron chi connectivity index (χ3n) is 9.89. The lowest BCUT2D eigenvalue weighted by atomic mass is 9.56. The van der Waals surface area contributed by atoms with Gasteiger partial charge in [0.05, 0.1) is 17.5 Å². The average molecular weight is 817 g/mol. The highest BCUT2D eigenvalue weighted by molar-refractivity contribution is 14.1. The quantitative estimate of drug-likeness (QED) is 0.0600. The van der Waals surface area contributed by atoms with Gasteiger partial charge < -0.3 is 5.11 Å². The molecular weight excluding hydrogens is 797 g/mol. The second kappa shape index (κ2) is 11.0. The molecule has 4 amide bonds. The number of benzene rings is 3. The molecule has 0 radical (unpaired) electrons. The van der Waals surface area contributed by atoms with Crippen molar-refractivity contribution in [2.24, 2.45) is 17.8 Å². The maximum Gasteiger partial charge on any atom is 0.258 e. The van der Waals surface area contributed by atoms with E-state index in [4.69, 9.17) is 23.2 Å². The van der Waals surface area contributed by atoms with Crippen LogP contribution in [0.2, 0.25) is 0 Å². The molecule has 4 aliphatic rings. The number of rotatable bonds is 3. The third-order valence-corrected chi connectivity index (χ3v) is 12.0. The van der Waals surface area contributed by atoms with Crippen LogP contribution in [0.1, 0.15) is 29.9 Å². The van der Waals surface area contributed by atoms with Crippen molar-refractivity contribution in [2.75, 3.05) is 9.80 Å². The molecule has 6 atom stereocenters. The van der Waals surface area contributed by atoms with Crippen LogP contribution in [-0.2, 0) is 19.2 Å². The van der Waals surface area contributed by atoms with E-state index in [1.807, 2.05) is 0 Å². The van der Waals surface area contributed by atoms with E-state index >= 15 is 8.78 Å². The van der Waals surface area contributed by atoms with Gasteiger partial charge in [0.15, 0.2) is 33.0 Å². The summed E-state index contributed by atoms with van der Waals surface area (Å²) in [6.45, 7) is 1.53. The maximum atomic E-state index is 15.2. The van der Waals surface area contributed by atoms with Crippen molar-refractivity contribution < 1.29 is 46.2 Å². The van der Waals surface area contributed by atoms with Gasteiger partial charge in [0, 0.05) is 15.1 Å². The number of carbonyl (C=O) groups excluding carboxylic acids is 4. The number of nitrogens with zero attached hydrogens (tertiary/aromatic N) is 2. The second-order valence-corrected chi connectivity index (χ2v) is 14.7. The number of aryl methyl sites for hydroxylation is 1. The zero-order chi connectivity index (χ0) is 34.8. The van der Waals surface area contributed by atoms with Gasteiger partial charge in [0.25, 0.3) is 11.8 Å². The van der Waals surface area contributed by atoms with Gasteiger partial charge >= 0.3 is 0 Å². The highest BCUT2D eigenvalue weighted by Crippen LogP contribution is 2.67. The molecule has 0 aromatic heterocycles. The minimum absolute atomic E-state index is 0.0171. The average Bonchev–Trinajstić information content (AvgIpc) is 3.39. The summed E-state index contributed by atoms with van der Waals surface area (Å²) in [5, 5.41) is 11.3. The molecule has 7 rings (SSSR count). The van der Waals surface area contributed by atoms with E-state index in [-0.39, 0.29) is 28.2 Å². The van der Waals surface area contributed by atoms with Crippen LogP contribution in [0.15, 0.2) is 54.1 Å². The number of fused-ring (bicyclic) bond motifs is 4. The highest BCUT2D eigenvalue weighted by Gasteiger charge is 2.77. The first-order valence-electron chi connectivity index (χ1n) is 14.5. The molecular formula is C33H20Cl2F5IN2O5. The Morgan fingerprint density at radius 2 is 1.42 bits per heavy atom. The fraction of sp³-hybridized carbons (Fsp3) is 0.273. The van der Waals surface area contributed by atoms with Crippen molar-refractivity contribution in [1.29, 1.82) is 0 Å². The van der Waals surface area contributed by atoms with Crippen LogP contribution < -0.4 is 9.80 Å². The summed E-state index contributed by atoms with van der Waals surface area (Å²) < 4.78 is 73.9. The Labute approximate surface area is 292 Å². The van der Waals surface area contributed by atoms with E-state index < -0.39 is 98.2 Å². The Balaban J connectivity index is 1.44. The summed E-state index contributed by atoms with van der Waals surface area (Å²) in [5.41, 5.74) is -1.07. The molecule has 7 nitrogen and oxygen atoms in total. The van der Waals surface area contributed by atoms with Crippen molar-refractivity contribution in [2.45, 2.75) is 35.4 Å². The number of hydrogen-bond acceptors (Lipinski definition) is 5. The molecule has 0 bridgehead atoms. The molecule has 1 N–H and O–H groups in total. The van der Waals surface area contributed by atoms with Crippen LogP contribution in [0.4, 0.5) is 33.3 Å². The number of aromatic hydroxyl groups is 1. The van der Waals surface area contributed by atoms with Gasteiger partial charge in [-0.25, -0.2) is 26.9 Å². The number of imide groups is 2. The Morgan fingerprint density at radius 3 is 2.04 bits per heavy atom. The number of hydrogen-bond donors (Lipinski definition) is 1. The van der Waals surface area contributed by atoms with Gasteiger partial charge in [-0.1, -0.05) is 29.8 Å². The first-order valence-corrected chi connectivity index (χ1v) is 16.3. The maximum absolute atomic E-state index is 15.2. The van der Waals surface area contributed by atoms with Crippen LogP contribution >= 0.6 is 45.8 Å². The van der Waals surface area contributed by atoms with E-state index in [2.05, 4.69) is 22.6 Å². The number of allylic oxidation sites excluding steroid dienone is 2. The van der Waals surface area contributed by atoms with Crippen molar-refractivity contribution in [3.05, 3.63) is 97.9 Å². The fourth-order valence-corrected chi connectivity index (χ4v) is 8.96. The Morgan fingerprint density at radius 1 is 0.812 bits per heavy atom. The summed E-state index contributed by atoms with van der Waals surface area (Å²) >= 11 is 16.3. The topological polar surface area (TPSA) is 95.0 Å². The lowest BCUT2D eigenvalue weighted by Crippen LogP contribution is -2.60. The molecule has 3 aromatic carbocycles. The number of carbonyl (C=O) groups is 4. The first kappa shape index (κ1) is 33.0. The van der Waals surface area contributed by atoms with Gasteiger partial charge in [-0.3, -0.25) is 24.1 Å². The molecule has 3 fully saturated rings. The molecule has 0 unspecified atom stereocenters. The van der Waals surface area contributed by atoms with Crippen LogP contribution in [0.3, 0.4) is 0 Å². The summed E-state index contributed by atoms with van der Waals surface area (Å²) in [7, 11) is 0. The lowest BCUT2D eigenvalue weighted by molar-refractivity contribution is -0.125. The monoisotopic (exact) mass is 816 g/mol. The summed E-state index contributed by atoms with van der Waals surface area (Å²) in [6, 6.07) is 11.0. The number of alkyl halides is 2. The van der Waals surface area contributed by atoms with E-state index in [9.17, 15) is 37.5 Å². The number of halogens is 8. The summed E-state index contributed by atoms with van der Waals surface area (Å²) in [4.78, 5) is 51.8. The molecule has 0 spiro atoms. The number of para-hydroxylation sites is 1. The number of anilines is 2. The predicted molar refractivity (Wildman–Crippen MR) is 171 cm³/mol.